The van der Waals surface area contributed by atoms with E-state index in [2.05, 4.69) is 5.32 Å². The third kappa shape index (κ3) is 1.70. The Morgan fingerprint density at radius 2 is 1.86 bits per heavy atom. The van der Waals surface area contributed by atoms with Gasteiger partial charge in [0.15, 0.2) is 0 Å². The zero-order valence-electron chi connectivity index (χ0n) is 7.34. The molecule has 2 rings (SSSR count). The summed E-state index contributed by atoms with van der Waals surface area (Å²) in [6, 6.07) is 9.31. The first-order chi connectivity index (χ1) is 6.68. The molecule has 1 aliphatic rings. The molecule has 1 aromatic rings. The second-order valence-electron chi connectivity index (χ2n) is 2.91. The first-order valence-corrected chi connectivity index (χ1v) is 5.68. The van der Waals surface area contributed by atoms with Crippen molar-refractivity contribution in [3.05, 3.63) is 52.5 Å². The fraction of sp³-hybridized carbons (Fsp3) is 0. The molecule has 4 heteroatoms. The SMILES string of the molecule is O=S1(=O)C=CNC1=Cc1ccccc1. The predicted molar refractivity (Wildman–Crippen MR) is 55.6 cm³/mol. The highest BCUT2D eigenvalue weighted by molar-refractivity contribution is 7.98. The van der Waals surface area contributed by atoms with Crippen molar-refractivity contribution in [3.63, 3.8) is 0 Å². The molecular formula is C10H9NO2S. The Bertz CT molecular complexity index is 486. The second-order valence-corrected chi connectivity index (χ2v) is 4.71. The van der Waals surface area contributed by atoms with Gasteiger partial charge < -0.3 is 5.32 Å². The molecule has 0 amide bonds. The summed E-state index contributed by atoms with van der Waals surface area (Å²) in [5.41, 5.74) is 0.863. The lowest BCUT2D eigenvalue weighted by atomic mass is 10.2. The molecule has 0 fully saturated rings. The summed E-state index contributed by atoms with van der Waals surface area (Å²) in [5.74, 6) is 0. The maximum absolute atomic E-state index is 11.3. The van der Waals surface area contributed by atoms with Crippen molar-refractivity contribution in [2.45, 2.75) is 0 Å². The van der Waals surface area contributed by atoms with Crippen LogP contribution >= 0.6 is 0 Å². The summed E-state index contributed by atoms with van der Waals surface area (Å²) >= 11 is 0. The van der Waals surface area contributed by atoms with Crippen LogP contribution in [0.4, 0.5) is 0 Å². The average Bonchev–Trinajstić information content (AvgIpc) is 2.48. The van der Waals surface area contributed by atoms with Crippen LogP contribution < -0.4 is 5.32 Å². The zero-order chi connectivity index (χ0) is 10.0. The first-order valence-electron chi connectivity index (χ1n) is 4.13. The van der Waals surface area contributed by atoms with Crippen LogP contribution in [0.25, 0.3) is 6.08 Å². The van der Waals surface area contributed by atoms with E-state index in [4.69, 9.17) is 0 Å². The van der Waals surface area contributed by atoms with Gasteiger partial charge >= 0.3 is 0 Å². The van der Waals surface area contributed by atoms with E-state index in [0.717, 1.165) is 11.0 Å². The minimum Gasteiger partial charge on any atom is -0.351 e. The van der Waals surface area contributed by atoms with Crippen LogP contribution in [-0.2, 0) is 9.84 Å². The van der Waals surface area contributed by atoms with Crippen LogP contribution in [0.15, 0.2) is 47.0 Å². The summed E-state index contributed by atoms with van der Waals surface area (Å²) in [5, 5.41) is 4.07. The second kappa shape index (κ2) is 3.31. The molecule has 1 N–H and O–H groups in total. The van der Waals surface area contributed by atoms with Gasteiger partial charge in [0.1, 0.15) is 5.03 Å². The van der Waals surface area contributed by atoms with Gasteiger partial charge in [-0.2, -0.15) is 0 Å². The van der Waals surface area contributed by atoms with Crippen LogP contribution in [0.3, 0.4) is 0 Å². The maximum atomic E-state index is 11.3. The number of hydrogen-bond donors (Lipinski definition) is 1. The normalized spacial score (nSPS) is 21.0. The molecule has 0 saturated carbocycles. The smallest absolute Gasteiger partial charge is 0.216 e. The molecule has 0 atom stereocenters. The lowest BCUT2D eigenvalue weighted by Gasteiger charge is -1.98. The Hall–Kier alpha value is -1.55. The highest BCUT2D eigenvalue weighted by Gasteiger charge is 2.17. The van der Waals surface area contributed by atoms with Crippen LogP contribution in [0.1, 0.15) is 5.56 Å². The highest BCUT2D eigenvalue weighted by Crippen LogP contribution is 2.15. The van der Waals surface area contributed by atoms with Crippen molar-refractivity contribution < 1.29 is 8.42 Å². The number of hydrogen-bond acceptors (Lipinski definition) is 3. The van der Waals surface area contributed by atoms with E-state index in [1.807, 2.05) is 30.3 Å². The van der Waals surface area contributed by atoms with Crippen LogP contribution in [-0.4, -0.2) is 8.42 Å². The first kappa shape index (κ1) is 9.02. The molecule has 0 saturated heterocycles. The van der Waals surface area contributed by atoms with Gasteiger partial charge in [0.05, 0.1) is 5.41 Å². The standard InChI is InChI=1S/C10H9NO2S/c12-14(13)7-6-11-10(14)8-9-4-2-1-3-5-9/h1-8,11H. The number of rotatable bonds is 1. The zero-order valence-corrected chi connectivity index (χ0v) is 8.16. The summed E-state index contributed by atoms with van der Waals surface area (Å²) in [4.78, 5) is 0. The molecule has 1 heterocycles. The van der Waals surface area contributed by atoms with Crippen molar-refractivity contribution in [1.82, 2.24) is 5.32 Å². The fourth-order valence-electron chi connectivity index (χ4n) is 1.19. The molecule has 0 unspecified atom stereocenters. The molecule has 14 heavy (non-hydrogen) atoms. The van der Waals surface area contributed by atoms with Crippen LogP contribution in [0.2, 0.25) is 0 Å². The third-order valence-corrected chi connectivity index (χ3v) is 3.22. The lowest BCUT2D eigenvalue weighted by Crippen LogP contribution is -2.05. The van der Waals surface area contributed by atoms with E-state index in [1.165, 1.54) is 6.20 Å². The maximum Gasteiger partial charge on any atom is 0.216 e. The molecule has 0 aliphatic carbocycles. The summed E-state index contributed by atoms with van der Waals surface area (Å²) < 4.78 is 22.7. The highest BCUT2D eigenvalue weighted by atomic mass is 32.2. The average molecular weight is 207 g/mol. The van der Waals surface area contributed by atoms with E-state index in [1.54, 1.807) is 6.08 Å². The molecule has 1 aromatic carbocycles. The van der Waals surface area contributed by atoms with E-state index in [9.17, 15) is 8.42 Å². The number of nitrogens with one attached hydrogen (secondary N) is 1. The Balaban J connectivity index is 2.39. The topological polar surface area (TPSA) is 46.2 Å². The number of sulfone groups is 1. The summed E-state index contributed by atoms with van der Waals surface area (Å²) in [6.45, 7) is 0. The Morgan fingerprint density at radius 1 is 1.14 bits per heavy atom. The van der Waals surface area contributed by atoms with Crippen LogP contribution in [0.5, 0.6) is 0 Å². The summed E-state index contributed by atoms with van der Waals surface area (Å²) in [7, 11) is -3.22. The van der Waals surface area contributed by atoms with Gasteiger partial charge in [0, 0.05) is 6.20 Å². The molecule has 0 bridgehead atoms. The van der Waals surface area contributed by atoms with Gasteiger partial charge in [-0.05, 0) is 11.6 Å². The van der Waals surface area contributed by atoms with Crippen LogP contribution in [0, 0.1) is 0 Å². The lowest BCUT2D eigenvalue weighted by molar-refractivity contribution is 0.610. The van der Waals surface area contributed by atoms with E-state index in [0.29, 0.717) is 0 Å². The minimum atomic E-state index is -3.22. The monoisotopic (exact) mass is 207 g/mol. The Labute approximate surface area is 82.7 Å². The Morgan fingerprint density at radius 3 is 2.43 bits per heavy atom. The molecule has 0 radical (unpaired) electrons. The molecule has 72 valence electrons. The molecule has 1 aliphatic heterocycles. The predicted octanol–water partition coefficient (Wildman–Crippen LogP) is 1.47. The van der Waals surface area contributed by atoms with E-state index < -0.39 is 9.84 Å². The number of benzene rings is 1. The van der Waals surface area contributed by atoms with E-state index >= 15 is 0 Å². The molecule has 0 aromatic heterocycles. The molecule has 0 spiro atoms. The van der Waals surface area contributed by atoms with Gasteiger partial charge in [0.2, 0.25) is 9.84 Å². The fourth-order valence-corrected chi connectivity index (χ4v) is 2.11. The van der Waals surface area contributed by atoms with Gasteiger partial charge in [-0.1, -0.05) is 30.3 Å². The van der Waals surface area contributed by atoms with Gasteiger partial charge in [-0.3, -0.25) is 0 Å². The largest absolute Gasteiger partial charge is 0.351 e. The summed E-state index contributed by atoms with van der Waals surface area (Å²) in [6.07, 6.45) is 3.03. The van der Waals surface area contributed by atoms with Crippen molar-refractivity contribution in [2.24, 2.45) is 0 Å². The minimum absolute atomic E-state index is 0.226. The van der Waals surface area contributed by atoms with Gasteiger partial charge in [0.25, 0.3) is 0 Å². The van der Waals surface area contributed by atoms with Gasteiger partial charge in [-0.25, -0.2) is 8.42 Å². The molecule has 3 nitrogen and oxygen atoms in total. The third-order valence-electron chi connectivity index (χ3n) is 1.88. The molecular weight excluding hydrogens is 198 g/mol. The van der Waals surface area contributed by atoms with E-state index in [-0.39, 0.29) is 5.03 Å². The van der Waals surface area contributed by atoms with Crippen molar-refractivity contribution in [1.29, 1.82) is 0 Å². The quantitative estimate of drug-likeness (QED) is 0.758. The Kier molecular flexibility index (Phi) is 2.13. The van der Waals surface area contributed by atoms with Gasteiger partial charge in [-0.15, -0.1) is 0 Å². The van der Waals surface area contributed by atoms with Crippen molar-refractivity contribution >= 4 is 15.9 Å². The van der Waals surface area contributed by atoms with Crippen molar-refractivity contribution in [2.75, 3.05) is 0 Å². The van der Waals surface area contributed by atoms with Crippen molar-refractivity contribution in [3.8, 4) is 0 Å².